The number of anilines is 1. The molecule has 0 aromatic carbocycles. The van der Waals surface area contributed by atoms with Crippen molar-refractivity contribution in [2.45, 2.75) is 13.1 Å². The van der Waals surface area contributed by atoms with Gasteiger partial charge in [0.05, 0.1) is 24.7 Å². The van der Waals surface area contributed by atoms with Crippen LogP contribution in [0.15, 0.2) is 41.3 Å². The first-order chi connectivity index (χ1) is 8.31. The molecule has 17 heavy (non-hydrogen) atoms. The average molecular weight is 231 g/mol. The lowest BCUT2D eigenvalue weighted by molar-refractivity contribution is 0.507. The van der Waals surface area contributed by atoms with E-state index in [1.54, 1.807) is 6.26 Å². The highest BCUT2D eigenvalue weighted by Gasteiger charge is 2.08. The van der Waals surface area contributed by atoms with Crippen molar-refractivity contribution in [3.05, 3.63) is 48.2 Å². The zero-order chi connectivity index (χ0) is 12.1. The van der Waals surface area contributed by atoms with Crippen LogP contribution in [-0.4, -0.2) is 19.1 Å². The number of furan rings is 1. The van der Waals surface area contributed by atoms with Gasteiger partial charge < -0.3 is 14.6 Å². The van der Waals surface area contributed by atoms with Crippen molar-refractivity contribution in [2.75, 3.05) is 19.0 Å². The summed E-state index contributed by atoms with van der Waals surface area (Å²) >= 11 is 0. The van der Waals surface area contributed by atoms with Crippen LogP contribution in [0.1, 0.15) is 11.3 Å². The van der Waals surface area contributed by atoms with Crippen molar-refractivity contribution in [1.29, 1.82) is 0 Å². The molecule has 0 bridgehead atoms. The van der Waals surface area contributed by atoms with Crippen LogP contribution in [0, 0.1) is 0 Å². The molecule has 0 aliphatic carbocycles. The van der Waals surface area contributed by atoms with Gasteiger partial charge in [-0.3, -0.25) is 4.98 Å². The highest BCUT2D eigenvalue weighted by Crippen LogP contribution is 2.19. The van der Waals surface area contributed by atoms with E-state index in [1.165, 1.54) is 5.56 Å². The molecule has 4 heteroatoms. The van der Waals surface area contributed by atoms with Gasteiger partial charge in [-0.15, -0.1) is 0 Å². The van der Waals surface area contributed by atoms with Gasteiger partial charge in [-0.1, -0.05) is 0 Å². The quantitative estimate of drug-likeness (QED) is 0.855. The van der Waals surface area contributed by atoms with E-state index in [4.69, 9.17) is 4.42 Å². The van der Waals surface area contributed by atoms with Crippen molar-refractivity contribution < 1.29 is 4.42 Å². The second-order valence-corrected chi connectivity index (χ2v) is 3.97. The fourth-order valence-electron chi connectivity index (χ4n) is 1.82. The fourth-order valence-corrected chi connectivity index (χ4v) is 1.82. The molecule has 0 saturated heterocycles. The van der Waals surface area contributed by atoms with E-state index in [0.717, 1.165) is 24.5 Å². The second kappa shape index (κ2) is 5.50. The number of hydrogen-bond donors (Lipinski definition) is 1. The molecule has 2 aromatic rings. The predicted molar refractivity (Wildman–Crippen MR) is 67.8 cm³/mol. The Balaban J connectivity index is 2.15. The third-order valence-electron chi connectivity index (χ3n) is 2.64. The molecule has 2 heterocycles. The minimum atomic E-state index is 0.745. The Morgan fingerprint density at radius 2 is 2.29 bits per heavy atom. The maximum absolute atomic E-state index is 5.35. The maximum atomic E-state index is 5.35. The van der Waals surface area contributed by atoms with E-state index >= 15 is 0 Å². The maximum Gasteiger partial charge on any atom is 0.123 e. The van der Waals surface area contributed by atoms with Crippen molar-refractivity contribution in [1.82, 2.24) is 10.3 Å². The summed E-state index contributed by atoms with van der Waals surface area (Å²) in [7, 11) is 3.98. The summed E-state index contributed by atoms with van der Waals surface area (Å²) in [6.45, 7) is 1.58. The Hall–Kier alpha value is -1.81. The zero-order valence-electron chi connectivity index (χ0n) is 10.2. The summed E-state index contributed by atoms with van der Waals surface area (Å²) in [4.78, 5) is 6.32. The van der Waals surface area contributed by atoms with Gasteiger partial charge in [0.2, 0.25) is 0 Å². The summed E-state index contributed by atoms with van der Waals surface area (Å²) < 4.78 is 5.35. The van der Waals surface area contributed by atoms with Crippen molar-refractivity contribution in [2.24, 2.45) is 0 Å². The predicted octanol–water partition coefficient (Wildman–Crippen LogP) is 2.03. The van der Waals surface area contributed by atoms with Crippen LogP contribution in [0.2, 0.25) is 0 Å². The van der Waals surface area contributed by atoms with Crippen molar-refractivity contribution in [3.63, 3.8) is 0 Å². The van der Waals surface area contributed by atoms with Crippen molar-refractivity contribution in [3.8, 4) is 0 Å². The molecular weight excluding hydrogens is 214 g/mol. The largest absolute Gasteiger partial charge is 0.467 e. The van der Waals surface area contributed by atoms with Crippen molar-refractivity contribution >= 4 is 5.69 Å². The molecule has 90 valence electrons. The van der Waals surface area contributed by atoms with Crippen LogP contribution in [0.3, 0.4) is 0 Å². The number of nitrogens with one attached hydrogen (secondary N) is 1. The fraction of sp³-hybridized carbons (Fsp3) is 0.308. The molecule has 0 fully saturated rings. The molecule has 0 spiro atoms. The van der Waals surface area contributed by atoms with Crippen LogP contribution < -0.4 is 10.2 Å². The second-order valence-electron chi connectivity index (χ2n) is 3.97. The Morgan fingerprint density at radius 1 is 1.41 bits per heavy atom. The first kappa shape index (κ1) is 11.7. The van der Waals surface area contributed by atoms with Gasteiger partial charge in [-0.2, -0.15) is 0 Å². The van der Waals surface area contributed by atoms with Crippen LogP contribution in [0.5, 0.6) is 0 Å². The Morgan fingerprint density at radius 3 is 3.00 bits per heavy atom. The van der Waals surface area contributed by atoms with Gasteiger partial charge >= 0.3 is 0 Å². The number of hydrogen-bond acceptors (Lipinski definition) is 4. The van der Waals surface area contributed by atoms with E-state index in [9.17, 15) is 0 Å². The Kier molecular flexibility index (Phi) is 3.77. The molecular formula is C13H17N3O. The van der Waals surface area contributed by atoms with Gasteiger partial charge in [0.1, 0.15) is 5.76 Å². The van der Waals surface area contributed by atoms with Crippen LogP contribution in [0.4, 0.5) is 5.69 Å². The molecule has 0 aliphatic heterocycles. The molecule has 1 N–H and O–H groups in total. The van der Waals surface area contributed by atoms with Crippen LogP contribution >= 0.6 is 0 Å². The van der Waals surface area contributed by atoms with Gasteiger partial charge in [0.25, 0.3) is 0 Å². The van der Waals surface area contributed by atoms with E-state index in [0.29, 0.717) is 0 Å². The smallest absolute Gasteiger partial charge is 0.123 e. The summed E-state index contributed by atoms with van der Waals surface area (Å²) in [6.07, 6.45) is 5.40. The Bertz CT molecular complexity index is 453. The van der Waals surface area contributed by atoms with Crippen LogP contribution in [-0.2, 0) is 13.1 Å². The van der Waals surface area contributed by atoms with E-state index in [2.05, 4.69) is 15.2 Å². The van der Waals surface area contributed by atoms with Gasteiger partial charge in [0, 0.05) is 19.8 Å². The number of rotatable bonds is 5. The molecule has 0 radical (unpaired) electrons. The van der Waals surface area contributed by atoms with Gasteiger partial charge in [-0.25, -0.2) is 0 Å². The normalized spacial score (nSPS) is 10.5. The monoisotopic (exact) mass is 231 g/mol. The van der Waals surface area contributed by atoms with Gasteiger partial charge in [0.15, 0.2) is 0 Å². The van der Waals surface area contributed by atoms with Crippen LogP contribution in [0.25, 0.3) is 0 Å². The minimum absolute atomic E-state index is 0.745. The molecule has 0 amide bonds. The number of nitrogens with zero attached hydrogens (tertiary/aromatic N) is 2. The highest BCUT2D eigenvalue weighted by molar-refractivity contribution is 5.51. The SMILES string of the molecule is CNCc1ccncc1N(C)Cc1ccco1. The average Bonchev–Trinajstić information content (AvgIpc) is 2.83. The molecule has 2 rings (SSSR count). The highest BCUT2D eigenvalue weighted by atomic mass is 16.3. The van der Waals surface area contributed by atoms with Gasteiger partial charge in [-0.05, 0) is 30.8 Å². The summed E-state index contributed by atoms with van der Waals surface area (Å²) in [5, 5.41) is 3.16. The Labute approximate surface area is 101 Å². The lowest BCUT2D eigenvalue weighted by Gasteiger charge is -2.20. The van der Waals surface area contributed by atoms with E-state index in [1.807, 2.05) is 44.7 Å². The third kappa shape index (κ3) is 2.85. The summed E-state index contributed by atoms with van der Waals surface area (Å²) in [6, 6.07) is 5.91. The summed E-state index contributed by atoms with van der Waals surface area (Å²) in [5.41, 5.74) is 2.36. The van der Waals surface area contributed by atoms with E-state index < -0.39 is 0 Å². The first-order valence-corrected chi connectivity index (χ1v) is 5.62. The zero-order valence-corrected chi connectivity index (χ0v) is 10.2. The number of pyridine rings is 1. The molecule has 0 saturated carbocycles. The standard InChI is InChI=1S/C13H17N3O/c1-14-8-11-5-6-15-9-13(11)16(2)10-12-4-3-7-17-12/h3-7,9,14H,8,10H2,1-2H3. The topological polar surface area (TPSA) is 41.3 Å². The molecule has 0 atom stereocenters. The lowest BCUT2D eigenvalue weighted by Crippen LogP contribution is -2.19. The summed E-state index contributed by atoms with van der Waals surface area (Å²) in [5.74, 6) is 0.951. The van der Waals surface area contributed by atoms with E-state index in [-0.39, 0.29) is 0 Å². The number of aromatic nitrogens is 1. The molecule has 4 nitrogen and oxygen atoms in total. The molecule has 2 aromatic heterocycles. The minimum Gasteiger partial charge on any atom is -0.467 e. The lowest BCUT2D eigenvalue weighted by atomic mass is 10.2. The molecule has 0 aliphatic rings. The third-order valence-corrected chi connectivity index (χ3v) is 2.64. The molecule has 0 unspecified atom stereocenters. The first-order valence-electron chi connectivity index (χ1n) is 5.62.